The number of hydrogen-bond donors (Lipinski definition) is 1. The first-order chi connectivity index (χ1) is 12.7. The van der Waals surface area contributed by atoms with Crippen LogP contribution < -0.4 is 5.56 Å². The lowest BCUT2D eigenvalue weighted by Crippen LogP contribution is -2.15. The van der Waals surface area contributed by atoms with Crippen molar-refractivity contribution in [2.75, 3.05) is 0 Å². The predicted octanol–water partition coefficient (Wildman–Crippen LogP) is 4.20. The predicted molar refractivity (Wildman–Crippen MR) is 94.6 cm³/mol. The average molecular weight is 394 g/mol. The number of esters is 1. The number of thioether (sulfide) groups is 1. The number of ether oxygens (including phenoxy) is 1. The summed E-state index contributed by atoms with van der Waals surface area (Å²) in [4.78, 5) is 31.0. The maximum atomic E-state index is 12.3. The van der Waals surface area contributed by atoms with Crippen LogP contribution in [0.3, 0.4) is 0 Å². The molecule has 27 heavy (non-hydrogen) atoms. The van der Waals surface area contributed by atoms with E-state index in [1.807, 2.05) is 13.0 Å². The van der Waals surface area contributed by atoms with E-state index < -0.39 is 11.5 Å². The average Bonchev–Trinajstić information content (AvgIpc) is 2.60. The number of aryl methyl sites for hydroxylation is 1. The number of rotatable bonds is 4. The number of benzene rings is 2. The highest BCUT2D eigenvalue weighted by Crippen LogP contribution is 2.36. The van der Waals surface area contributed by atoms with Crippen molar-refractivity contribution < 1.29 is 22.7 Å². The number of alkyl halides is 3. The number of nitrogens with zero attached hydrogens (tertiary/aromatic N) is 1. The summed E-state index contributed by atoms with van der Waals surface area (Å²) in [5, 5.41) is 0.433. The second kappa shape index (κ2) is 7.43. The summed E-state index contributed by atoms with van der Waals surface area (Å²) in [5.74, 6) is -0.550. The quantitative estimate of drug-likeness (QED) is 0.530. The van der Waals surface area contributed by atoms with Crippen LogP contribution in [-0.2, 0) is 11.3 Å². The van der Waals surface area contributed by atoms with E-state index >= 15 is 0 Å². The van der Waals surface area contributed by atoms with Gasteiger partial charge in [0.2, 0.25) is 0 Å². The molecule has 0 saturated carbocycles. The molecule has 0 atom stereocenters. The molecule has 0 fully saturated rings. The Morgan fingerprint density at radius 2 is 1.89 bits per heavy atom. The zero-order valence-corrected chi connectivity index (χ0v) is 14.8. The highest BCUT2D eigenvalue weighted by atomic mass is 32.2. The summed E-state index contributed by atoms with van der Waals surface area (Å²) < 4.78 is 42.0. The summed E-state index contributed by atoms with van der Waals surface area (Å²) in [6.07, 6.45) is 0. The van der Waals surface area contributed by atoms with Gasteiger partial charge in [-0.3, -0.25) is 4.79 Å². The van der Waals surface area contributed by atoms with Gasteiger partial charge in [-0.25, -0.2) is 9.78 Å². The van der Waals surface area contributed by atoms with E-state index in [1.165, 1.54) is 24.3 Å². The maximum absolute atomic E-state index is 12.3. The van der Waals surface area contributed by atoms with E-state index in [0.29, 0.717) is 10.9 Å². The van der Waals surface area contributed by atoms with E-state index in [-0.39, 0.29) is 40.2 Å². The first-order valence-electron chi connectivity index (χ1n) is 7.74. The van der Waals surface area contributed by atoms with Crippen molar-refractivity contribution >= 4 is 28.6 Å². The van der Waals surface area contributed by atoms with Gasteiger partial charge in [0.1, 0.15) is 12.4 Å². The molecule has 0 saturated heterocycles. The topological polar surface area (TPSA) is 72.1 Å². The molecule has 0 radical (unpaired) electrons. The molecule has 2 aromatic carbocycles. The molecule has 140 valence electrons. The minimum Gasteiger partial charge on any atom is -0.454 e. The molecule has 0 aliphatic rings. The molecule has 3 rings (SSSR count). The van der Waals surface area contributed by atoms with Gasteiger partial charge in [-0.1, -0.05) is 12.1 Å². The number of para-hydroxylation sites is 1. The van der Waals surface area contributed by atoms with Crippen molar-refractivity contribution in [2.45, 2.75) is 23.9 Å². The molecule has 1 heterocycles. The molecular weight excluding hydrogens is 381 g/mol. The molecule has 1 N–H and O–H groups in total. The Morgan fingerprint density at radius 3 is 2.56 bits per heavy atom. The van der Waals surface area contributed by atoms with E-state index in [9.17, 15) is 22.8 Å². The van der Waals surface area contributed by atoms with Crippen molar-refractivity contribution in [1.82, 2.24) is 9.97 Å². The molecule has 3 aromatic rings. The Hall–Kier alpha value is -2.81. The normalized spacial score (nSPS) is 11.6. The van der Waals surface area contributed by atoms with Crippen molar-refractivity contribution in [3.05, 3.63) is 69.8 Å². The number of nitrogens with one attached hydrogen (secondary N) is 1. The van der Waals surface area contributed by atoms with Gasteiger partial charge in [0, 0.05) is 4.90 Å². The molecule has 9 heteroatoms. The molecule has 0 aliphatic heterocycles. The van der Waals surface area contributed by atoms with Gasteiger partial charge in [-0.15, -0.1) is 0 Å². The van der Waals surface area contributed by atoms with Gasteiger partial charge < -0.3 is 9.72 Å². The smallest absolute Gasteiger partial charge is 0.446 e. The van der Waals surface area contributed by atoms with Gasteiger partial charge in [-0.05, 0) is 54.6 Å². The van der Waals surface area contributed by atoms with Crippen molar-refractivity contribution in [3.8, 4) is 0 Å². The second-order valence-electron chi connectivity index (χ2n) is 5.63. The van der Waals surface area contributed by atoms with Crippen LogP contribution >= 0.6 is 11.8 Å². The molecule has 0 amide bonds. The Kier molecular flexibility index (Phi) is 5.22. The third-order valence-corrected chi connectivity index (χ3v) is 4.39. The number of aromatic nitrogens is 2. The van der Waals surface area contributed by atoms with E-state index in [1.54, 1.807) is 12.1 Å². The van der Waals surface area contributed by atoms with Crippen LogP contribution in [0, 0.1) is 6.92 Å². The fraction of sp³-hybridized carbons (Fsp3) is 0.167. The van der Waals surface area contributed by atoms with Crippen LogP contribution in [0.5, 0.6) is 0 Å². The first-order valence-corrected chi connectivity index (χ1v) is 8.56. The van der Waals surface area contributed by atoms with Gasteiger partial charge in [0.15, 0.2) is 0 Å². The molecule has 0 bridgehead atoms. The lowest BCUT2D eigenvalue weighted by atomic mass is 10.1. The summed E-state index contributed by atoms with van der Waals surface area (Å²) >= 11 is -0.266. The van der Waals surface area contributed by atoms with Crippen LogP contribution in [0.2, 0.25) is 0 Å². The number of carbonyl (C=O) groups excluding carboxylic acids is 1. The van der Waals surface area contributed by atoms with Crippen LogP contribution in [0.25, 0.3) is 10.9 Å². The van der Waals surface area contributed by atoms with Crippen LogP contribution in [0.4, 0.5) is 13.2 Å². The fourth-order valence-electron chi connectivity index (χ4n) is 2.43. The number of carbonyl (C=O) groups is 1. The van der Waals surface area contributed by atoms with Crippen LogP contribution in [0.15, 0.2) is 52.2 Å². The number of aromatic amines is 1. The van der Waals surface area contributed by atoms with E-state index in [0.717, 1.165) is 5.56 Å². The van der Waals surface area contributed by atoms with E-state index in [4.69, 9.17) is 4.74 Å². The lowest BCUT2D eigenvalue weighted by Gasteiger charge is -2.08. The summed E-state index contributed by atoms with van der Waals surface area (Å²) in [6, 6.07) is 10.1. The monoisotopic (exact) mass is 394 g/mol. The van der Waals surface area contributed by atoms with Gasteiger partial charge in [0.05, 0.1) is 16.5 Å². The Balaban J connectivity index is 1.71. The molecular formula is C18H13F3N2O3S. The Bertz CT molecular complexity index is 1050. The Morgan fingerprint density at radius 1 is 1.19 bits per heavy atom. The molecule has 0 aliphatic carbocycles. The second-order valence-corrected chi connectivity index (χ2v) is 6.77. The van der Waals surface area contributed by atoms with Crippen molar-refractivity contribution in [2.24, 2.45) is 0 Å². The number of halogens is 3. The van der Waals surface area contributed by atoms with Gasteiger partial charge in [0.25, 0.3) is 5.56 Å². The highest BCUT2D eigenvalue weighted by molar-refractivity contribution is 8.00. The SMILES string of the molecule is Cc1cccc2c(=O)[nH]c(COC(=O)c3ccc(SC(F)(F)F)cc3)nc12. The summed E-state index contributed by atoms with van der Waals surface area (Å²) in [6.45, 7) is 1.54. The fourth-order valence-corrected chi connectivity index (χ4v) is 2.97. The van der Waals surface area contributed by atoms with Crippen LogP contribution in [-0.4, -0.2) is 21.4 Å². The largest absolute Gasteiger partial charge is 0.454 e. The number of H-pyrrole nitrogens is 1. The standard InChI is InChI=1S/C18H13F3N2O3S/c1-10-3-2-4-13-15(10)22-14(23-16(13)24)9-26-17(25)11-5-7-12(8-6-11)27-18(19,20)21/h2-8H,9H2,1H3,(H,22,23,24). The highest BCUT2D eigenvalue weighted by Gasteiger charge is 2.29. The zero-order valence-electron chi connectivity index (χ0n) is 14.0. The number of fused-ring (bicyclic) bond motifs is 1. The third kappa shape index (κ3) is 4.68. The number of hydrogen-bond acceptors (Lipinski definition) is 5. The van der Waals surface area contributed by atoms with Gasteiger partial charge in [-0.2, -0.15) is 13.2 Å². The maximum Gasteiger partial charge on any atom is 0.446 e. The zero-order chi connectivity index (χ0) is 19.6. The Labute approximate surface area is 155 Å². The molecule has 5 nitrogen and oxygen atoms in total. The van der Waals surface area contributed by atoms with E-state index in [2.05, 4.69) is 9.97 Å². The minimum absolute atomic E-state index is 0.0324. The summed E-state index contributed by atoms with van der Waals surface area (Å²) in [5.41, 5.74) is -3.32. The molecule has 1 aromatic heterocycles. The first kappa shape index (κ1) is 19.0. The molecule has 0 spiro atoms. The van der Waals surface area contributed by atoms with Crippen molar-refractivity contribution in [3.63, 3.8) is 0 Å². The minimum atomic E-state index is -4.40. The van der Waals surface area contributed by atoms with Crippen molar-refractivity contribution in [1.29, 1.82) is 0 Å². The van der Waals surface area contributed by atoms with Crippen LogP contribution in [0.1, 0.15) is 21.7 Å². The van der Waals surface area contributed by atoms with Gasteiger partial charge >= 0.3 is 11.5 Å². The molecule has 0 unspecified atom stereocenters. The summed E-state index contributed by atoms with van der Waals surface area (Å²) in [7, 11) is 0. The third-order valence-electron chi connectivity index (χ3n) is 3.65. The lowest BCUT2D eigenvalue weighted by molar-refractivity contribution is -0.0328.